The van der Waals surface area contributed by atoms with Gasteiger partial charge in [-0.1, -0.05) is 52.4 Å². The minimum absolute atomic E-state index is 0.673. The van der Waals surface area contributed by atoms with Gasteiger partial charge >= 0.3 is 17.6 Å². The molecular formula is C20H48O6Si2. The first-order valence-corrected chi connectivity index (χ1v) is 14.9. The van der Waals surface area contributed by atoms with Crippen LogP contribution in [0.2, 0.25) is 12.1 Å². The maximum atomic E-state index is 5.65. The molecule has 0 aromatic heterocycles. The molecule has 0 fully saturated rings. The predicted molar refractivity (Wildman–Crippen MR) is 121 cm³/mol. The summed E-state index contributed by atoms with van der Waals surface area (Å²) in [7, 11) is 0.449. The van der Waals surface area contributed by atoms with E-state index in [0.717, 1.165) is 24.9 Å². The lowest BCUT2D eigenvalue weighted by molar-refractivity contribution is 0.0711. The van der Waals surface area contributed by atoms with Gasteiger partial charge in [0, 0.05) is 53.2 Å². The molecule has 172 valence electrons. The first-order chi connectivity index (χ1) is 13.5. The molecule has 0 aromatic carbocycles. The van der Waals surface area contributed by atoms with Crippen molar-refractivity contribution < 1.29 is 26.6 Å². The zero-order chi connectivity index (χ0) is 21.7. The van der Waals surface area contributed by atoms with Crippen LogP contribution in [-0.4, -0.2) is 58.8 Å². The van der Waals surface area contributed by atoms with Crippen molar-refractivity contribution in [3.63, 3.8) is 0 Å². The van der Waals surface area contributed by atoms with Crippen molar-refractivity contribution in [3.8, 4) is 0 Å². The van der Waals surface area contributed by atoms with E-state index in [9.17, 15) is 0 Å². The number of hydrogen-bond donors (Lipinski definition) is 0. The van der Waals surface area contributed by atoms with E-state index in [1.54, 1.807) is 21.3 Å². The molecule has 0 aliphatic carbocycles. The molecular weight excluding hydrogens is 392 g/mol. The molecule has 0 aromatic rings. The van der Waals surface area contributed by atoms with Gasteiger partial charge in [0.2, 0.25) is 0 Å². The highest BCUT2D eigenvalue weighted by molar-refractivity contribution is 6.61. The summed E-state index contributed by atoms with van der Waals surface area (Å²) in [6, 6.07) is 1.85. The Morgan fingerprint density at radius 3 is 1.25 bits per heavy atom. The molecule has 0 saturated heterocycles. The van der Waals surface area contributed by atoms with Crippen LogP contribution < -0.4 is 0 Å². The highest BCUT2D eigenvalue weighted by Crippen LogP contribution is 2.18. The SMILES string of the molecule is CCCCCCCC[Si](OC)(OC)OC.CCC[Si](OCC)(OCC)OCC. The van der Waals surface area contributed by atoms with Gasteiger partial charge in [0.1, 0.15) is 0 Å². The molecule has 0 unspecified atom stereocenters. The van der Waals surface area contributed by atoms with Crippen LogP contribution in [0.15, 0.2) is 0 Å². The summed E-state index contributed by atoms with van der Waals surface area (Å²) in [5.41, 5.74) is 0. The van der Waals surface area contributed by atoms with Gasteiger partial charge in [-0.15, -0.1) is 0 Å². The third-order valence-electron chi connectivity index (χ3n) is 4.42. The minimum atomic E-state index is -2.30. The Kier molecular flexibility index (Phi) is 22.2. The highest BCUT2D eigenvalue weighted by atomic mass is 28.4. The van der Waals surface area contributed by atoms with E-state index in [1.807, 2.05) is 20.8 Å². The van der Waals surface area contributed by atoms with Crippen LogP contribution >= 0.6 is 0 Å². The smallest absolute Gasteiger partial charge is 0.377 e. The largest absolute Gasteiger partial charge is 0.500 e. The average Bonchev–Trinajstić information content (AvgIpc) is 2.69. The Bertz CT molecular complexity index is 279. The standard InChI is InChI=1S/C11H26O3Si.C9H22O3Si/c1-5-6-7-8-9-10-11-15(12-2,13-3)14-4;1-5-9-13(10-6-2,11-7-3)12-8-4/h5-11H2,1-4H3;5-9H2,1-4H3. The molecule has 0 spiro atoms. The van der Waals surface area contributed by atoms with E-state index >= 15 is 0 Å². The lowest BCUT2D eigenvalue weighted by Crippen LogP contribution is -2.45. The van der Waals surface area contributed by atoms with Crippen LogP contribution in [0.4, 0.5) is 0 Å². The first kappa shape index (κ1) is 30.4. The fourth-order valence-corrected chi connectivity index (χ4v) is 7.40. The lowest BCUT2D eigenvalue weighted by Gasteiger charge is -2.27. The second-order valence-corrected chi connectivity index (χ2v) is 12.4. The van der Waals surface area contributed by atoms with Crippen molar-refractivity contribution >= 4 is 17.6 Å². The summed E-state index contributed by atoms with van der Waals surface area (Å²) in [5.74, 6) is 0. The van der Waals surface area contributed by atoms with Gasteiger partial charge in [-0.05, 0) is 27.2 Å². The Morgan fingerprint density at radius 1 is 0.464 bits per heavy atom. The molecule has 0 amide bonds. The van der Waals surface area contributed by atoms with E-state index in [2.05, 4.69) is 13.8 Å². The maximum absolute atomic E-state index is 5.65. The van der Waals surface area contributed by atoms with E-state index in [4.69, 9.17) is 26.6 Å². The van der Waals surface area contributed by atoms with E-state index in [0.29, 0.717) is 19.8 Å². The van der Waals surface area contributed by atoms with Crippen molar-refractivity contribution in [1.29, 1.82) is 0 Å². The van der Waals surface area contributed by atoms with Gasteiger partial charge < -0.3 is 26.6 Å². The molecule has 0 radical (unpaired) electrons. The van der Waals surface area contributed by atoms with E-state index < -0.39 is 17.6 Å². The third kappa shape index (κ3) is 14.2. The van der Waals surface area contributed by atoms with Gasteiger partial charge in [-0.2, -0.15) is 0 Å². The topological polar surface area (TPSA) is 55.4 Å². The van der Waals surface area contributed by atoms with Crippen molar-refractivity contribution in [3.05, 3.63) is 0 Å². The number of rotatable bonds is 18. The van der Waals surface area contributed by atoms with Crippen molar-refractivity contribution in [2.24, 2.45) is 0 Å². The van der Waals surface area contributed by atoms with Gasteiger partial charge in [-0.25, -0.2) is 0 Å². The summed E-state index contributed by atoms with van der Waals surface area (Å²) in [6.07, 6.45) is 8.75. The molecule has 0 aliphatic rings. The zero-order valence-corrected chi connectivity index (χ0v) is 21.9. The summed E-state index contributed by atoms with van der Waals surface area (Å²) in [4.78, 5) is 0. The van der Waals surface area contributed by atoms with E-state index in [-0.39, 0.29) is 0 Å². The predicted octanol–water partition coefficient (Wildman–Crippen LogP) is 5.67. The second kappa shape index (κ2) is 20.5. The highest BCUT2D eigenvalue weighted by Gasteiger charge is 2.39. The summed E-state index contributed by atoms with van der Waals surface area (Å²) >= 11 is 0. The molecule has 0 atom stereocenters. The maximum Gasteiger partial charge on any atom is 0.500 e. The van der Waals surface area contributed by atoms with E-state index in [1.165, 1.54) is 32.1 Å². The van der Waals surface area contributed by atoms with Crippen LogP contribution in [0, 0.1) is 0 Å². The molecule has 28 heavy (non-hydrogen) atoms. The molecule has 0 N–H and O–H groups in total. The Morgan fingerprint density at radius 2 is 0.893 bits per heavy atom. The molecule has 0 aliphatic heterocycles. The molecule has 8 heteroatoms. The van der Waals surface area contributed by atoms with Crippen LogP contribution in [0.25, 0.3) is 0 Å². The van der Waals surface area contributed by atoms with Gasteiger partial charge in [0.05, 0.1) is 0 Å². The number of hydrogen-bond acceptors (Lipinski definition) is 6. The average molecular weight is 441 g/mol. The van der Waals surface area contributed by atoms with Gasteiger partial charge in [0.25, 0.3) is 0 Å². The third-order valence-corrected chi connectivity index (χ3v) is 10.5. The summed E-state index contributed by atoms with van der Waals surface area (Å²) < 4.78 is 33.0. The summed E-state index contributed by atoms with van der Waals surface area (Å²) in [6.45, 7) is 12.3. The molecule has 0 rings (SSSR count). The molecule has 0 heterocycles. The first-order valence-electron chi connectivity index (χ1n) is 11.1. The summed E-state index contributed by atoms with van der Waals surface area (Å²) in [5, 5.41) is 0. The van der Waals surface area contributed by atoms with Crippen LogP contribution in [0.5, 0.6) is 0 Å². The second-order valence-electron chi connectivity index (χ2n) is 6.55. The van der Waals surface area contributed by atoms with Crippen molar-refractivity contribution in [2.45, 2.75) is 91.7 Å². The van der Waals surface area contributed by atoms with Crippen LogP contribution in [0.3, 0.4) is 0 Å². The van der Waals surface area contributed by atoms with Gasteiger partial charge in [0.15, 0.2) is 0 Å². The normalized spacial score (nSPS) is 12.0. The van der Waals surface area contributed by atoms with Crippen molar-refractivity contribution in [2.75, 3.05) is 41.2 Å². The zero-order valence-electron chi connectivity index (χ0n) is 19.9. The fraction of sp³-hybridized carbons (Fsp3) is 1.00. The van der Waals surface area contributed by atoms with Crippen LogP contribution in [0.1, 0.15) is 79.6 Å². The Hall–Kier alpha value is 0.194. The quantitative estimate of drug-likeness (QED) is 0.202. The molecule has 0 saturated carbocycles. The fourth-order valence-electron chi connectivity index (χ4n) is 2.99. The monoisotopic (exact) mass is 440 g/mol. The van der Waals surface area contributed by atoms with Crippen LogP contribution in [-0.2, 0) is 26.6 Å². The number of unbranched alkanes of at least 4 members (excludes halogenated alkanes) is 5. The lowest BCUT2D eigenvalue weighted by atomic mass is 10.1. The minimum Gasteiger partial charge on any atom is -0.377 e. The molecule has 0 bridgehead atoms. The van der Waals surface area contributed by atoms with Crippen molar-refractivity contribution in [1.82, 2.24) is 0 Å². The Labute approximate surface area is 177 Å². The Balaban J connectivity index is 0. The molecule has 6 nitrogen and oxygen atoms in total. The van der Waals surface area contributed by atoms with Gasteiger partial charge in [-0.3, -0.25) is 0 Å².